The smallest absolute Gasteiger partial charge is 0.341 e. The zero-order valence-corrected chi connectivity index (χ0v) is 10.3. The monoisotopic (exact) mass is 240 g/mol. The third-order valence-electron chi connectivity index (χ3n) is 2.47. The van der Waals surface area contributed by atoms with Crippen LogP contribution in [0.3, 0.4) is 0 Å². The van der Waals surface area contributed by atoms with Crippen molar-refractivity contribution in [2.45, 2.75) is 0 Å². The summed E-state index contributed by atoms with van der Waals surface area (Å²) in [7, 11) is 3.24. The van der Waals surface area contributed by atoms with Crippen LogP contribution >= 0.6 is 0 Å². The SMILES string of the molecule is Bc1cnc(Nc2ccccc2)c(C(=O)OC)c1. The van der Waals surface area contributed by atoms with E-state index in [-0.39, 0.29) is 0 Å². The second-order valence-corrected chi connectivity index (χ2v) is 3.89. The summed E-state index contributed by atoms with van der Waals surface area (Å²) in [6.45, 7) is 0. The van der Waals surface area contributed by atoms with E-state index in [0.717, 1.165) is 11.2 Å². The van der Waals surface area contributed by atoms with Gasteiger partial charge in [-0.2, -0.15) is 0 Å². The predicted octanol–water partition coefficient (Wildman–Crippen LogP) is 0.870. The van der Waals surface area contributed by atoms with E-state index in [4.69, 9.17) is 4.74 Å². The lowest BCUT2D eigenvalue weighted by Crippen LogP contribution is -2.13. The summed E-state index contributed by atoms with van der Waals surface area (Å²) in [5, 5.41) is 3.10. The molecular formula is C13H13BN2O2. The highest BCUT2D eigenvalue weighted by Crippen LogP contribution is 2.17. The highest BCUT2D eigenvalue weighted by atomic mass is 16.5. The van der Waals surface area contributed by atoms with E-state index >= 15 is 0 Å². The average Bonchev–Trinajstić information content (AvgIpc) is 2.41. The Morgan fingerprint density at radius 2 is 2.06 bits per heavy atom. The molecule has 0 aliphatic carbocycles. The maximum absolute atomic E-state index is 11.7. The number of carbonyl (C=O) groups excluding carboxylic acids is 1. The summed E-state index contributed by atoms with van der Waals surface area (Å²) in [4.78, 5) is 15.9. The number of hydrogen-bond donors (Lipinski definition) is 1. The molecular weight excluding hydrogens is 227 g/mol. The van der Waals surface area contributed by atoms with Crippen molar-refractivity contribution in [2.75, 3.05) is 12.4 Å². The molecule has 1 aromatic heterocycles. The molecule has 2 rings (SSSR count). The molecule has 5 heteroatoms. The molecule has 0 saturated heterocycles. The lowest BCUT2D eigenvalue weighted by Gasteiger charge is -2.10. The van der Waals surface area contributed by atoms with Crippen molar-refractivity contribution in [3.05, 3.63) is 48.2 Å². The van der Waals surface area contributed by atoms with Crippen LogP contribution in [0.25, 0.3) is 0 Å². The van der Waals surface area contributed by atoms with Gasteiger partial charge in [0.1, 0.15) is 19.2 Å². The van der Waals surface area contributed by atoms with Gasteiger partial charge in [0, 0.05) is 11.9 Å². The van der Waals surface area contributed by atoms with Crippen LogP contribution in [0, 0.1) is 0 Å². The number of nitrogens with zero attached hydrogens (tertiary/aromatic N) is 1. The number of aromatic nitrogens is 1. The summed E-state index contributed by atoms with van der Waals surface area (Å²) < 4.78 is 4.75. The molecule has 0 spiro atoms. The maximum atomic E-state index is 11.7. The number of para-hydroxylation sites is 1. The van der Waals surface area contributed by atoms with Crippen molar-refractivity contribution in [1.29, 1.82) is 0 Å². The Kier molecular flexibility index (Phi) is 3.62. The van der Waals surface area contributed by atoms with Crippen LogP contribution in [-0.2, 0) is 4.74 Å². The van der Waals surface area contributed by atoms with E-state index < -0.39 is 5.97 Å². The van der Waals surface area contributed by atoms with Gasteiger partial charge in [-0.25, -0.2) is 9.78 Å². The number of carbonyl (C=O) groups is 1. The molecule has 1 heterocycles. The number of anilines is 2. The van der Waals surface area contributed by atoms with Gasteiger partial charge in [0.15, 0.2) is 0 Å². The quantitative estimate of drug-likeness (QED) is 0.638. The van der Waals surface area contributed by atoms with Crippen molar-refractivity contribution in [3.8, 4) is 0 Å². The standard InChI is InChI=1S/C13H13BN2O2/c1-18-13(17)11-7-9(14)8-15-12(11)16-10-5-3-2-4-6-10/h2-8H,14H2,1H3,(H,15,16). The third kappa shape index (κ3) is 2.68. The van der Waals surface area contributed by atoms with Crippen LogP contribution in [0.1, 0.15) is 10.4 Å². The molecule has 0 radical (unpaired) electrons. The number of ether oxygens (including phenoxy) is 1. The average molecular weight is 240 g/mol. The molecule has 90 valence electrons. The largest absolute Gasteiger partial charge is 0.465 e. The van der Waals surface area contributed by atoms with Crippen molar-refractivity contribution in [2.24, 2.45) is 0 Å². The van der Waals surface area contributed by atoms with Crippen molar-refractivity contribution >= 4 is 30.8 Å². The van der Waals surface area contributed by atoms with Gasteiger partial charge in [-0.15, -0.1) is 0 Å². The van der Waals surface area contributed by atoms with Crippen LogP contribution in [0.15, 0.2) is 42.6 Å². The first-order valence-corrected chi connectivity index (χ1v) is 5.58. The van der Waals surface area contributed by atoms with E-state index in [1.807, 2.05) is 38.2 Å². The molecule has 0 aliphatic rings. The Morgan fingerprint density at radius 1 is 1.33 bits per heavy atom. The third-order valence-corrected chi connectivity index (χ3v) is 2.47. The summed E-state index contributed by atoms with van der Waals surface area (Å²) in [5.41, 5.74) is 2.22. The minimum atomic E-state index is -0.398. The Balaban J connectivity index is 2.35. The summed E-state index contributed by atoms with van der Waals surface area (Å²) in [6, 6.07) is 11.3. The van der Waals surface area contributed by atoms with E-state index in [0.29, 0.717) is 11.4 Å². The number of methoxy groups -OCH3 is 1. The molecule has 0 bridgehead atoms. The van der Waals surface area contributed by atoms with E-state index in [1.54, 1.807) is 12.3 Å². The molecule has 0 atom stereocenters. The van der Waals surface area contributed by atoms with Gasteiger partial charge in [-0.1, -0.05) is 23.7 Å². The molecule has 4 nitrogen and oxygen atoms in total. The minimum Gasteiger partial charge on any atom is -0.465 e. The van der Waals surface area contributed by atoms with Gasteiger partial charge in [-0.05, 0) is 18.2 Å². The topological polar surface area (TPSA) is 51.2 Å². The second kappa shape index (κ2) is 5.36. The Morgan fingerprint density at radius 3 is 2.72 bits per heavy atom. The Labute approximate surface area is 106 Å². The molecule has 1 N–H and O–H groups in total. The summed E-state index contributed by atoms with van der Waals surface area (Å²) >= 11 is 0. The van der Waals surface area contributed by atoms with Gasteiger partial charge in [-0.3, -0.25) is 0 Å². The van der Waals surface area contributed by atoms with Gasteiger partial charge < -0.3 is 10.1 Å². The first-order valence-electron chi connectivity index (χ1n) is 5.58. The Hall–Kier alpha value is -2.30. The van der Waals surface area contributed by atoms with Crippen molar-refractivity contribution in [3.63, 3.8) is 0 Å². The molecule has 1 aromatic carbocycles. The molecule has 0 saturated carbocycles. The number of rotatable bonds is 3. The van der Waals surface area contributed by atoms with Gasteiger partial charge >= 0.3 is 5.97 Å². The van der Waals surface area contributed by atoms with Crippen LogP contribution in [0.4, 0.5) is 11.5 Å². The molecule has 2 aromatic rings. The van der Waals surface area contributed by atoms with Crippen molar-refractivity contribution < 1.29 is 9.53 Å². The zero-order chi connectivity index (χ0) is 13.0. The van der Waals surface area contributed by atoms with E-state index in [9.17, 15) is 4.79 Å². The molecule has 18 heavy (non-hydrogen) atoms. The van der Waals surface area contributed by atoms with Crippen LogP contribution < -0.4 is 10.8 Å². The lowest BCUT2D eigenvalue weighted by atomic mass is 9.97. The summed E-state index contributed by atoms with van der Waals surface area (Å²) in [6.07, 6.45) is 1.71. The number of pyridine rings is 1. The van der Waals surface area contributed by atoms with Crippen LogP contribution in [0.5, 0.6) is 0 Å². The zero-order valence-electron chi connectivity index (χ0n) is 10.3. The molecule has 0 fully saturated rings. The Bertz CT molecular complexity index is 558. The highest BCUT2D eigenvalue weighted by molar-refractivity contribution is 6.32. The van der Waals surface area contributed by atoms with Gasteiger partial charge in [0.2, 0.25) is 0 Å². The van der Waals surface area contributed by atoms with Gasteiger partial charge in [0.25, 0.3) is 0 Å². The van der Waals surface area contributed by atoms with E-state index in [2.05, 4.69) is 10.3 Å². The fourth-order valence-electron chi connectivity index (χ4n) is 1.59. The van der Waals surface area contributed by atoms with Crippen LogP contribution in [0.2, 0.25) is 0 Å². The summed E-state index contributed by atoms with van der Waals surface area (Å²) in [5.74, 6) is 0.100. The lowest BCUT2D eigenvalue weighted by molar-refractivity contribution is 0.0601. The first kappa shape index (κ1) is 12.2. The highest BCUT2D eigenvalue weighted by Gasteiger charge is 2.13. The molecule has 0 amide bonds. The number of hydrogen-bond acceptors (Lipinski definition) is 4. The first-order chi connectivity index (χ1) is 8.70. The molecule has 0 unspecified atom stereocenters. The minimum absolute atomic E-state index is 0.398. The number of esters is 1. The second-order valence-electron chi connectivity index (χ2n) is 3.89. The molecule has 0 aliphatic heterocycles. The predicted molar refractivity (Wildman–Crippen MR) is 73.5 cm³/mol. The number of benzene rings is 1. The van der Waals surface area contributed by atoms with E-state index in [1.165, 1.54) is 7.11 Å². The van der Waals surface area contributed by atoms with Crippen LogP contribution in [-0.4, -0.2) is 25.9 Å². The maximum Gasteiger partial charge on any atom is 0.341 e. The fraction of sp³-hybridized carbons (Fsp3) is 0.0769. The number of nitrogens with one attached hydrogen (secondary N) is 1. The van der Waals surface area contributed by atoms with Crippen molar-refractivity contribution in [1.82, 2.24) is 4.98 Å². The van der Waals surface area contributed by atoms with Gasteiger partial charge in [0.05, 0.1) is 7.11 Å². The fourth-order valence-corrected chi connectivity index (χ4v) is 1.59. The normalized spacial score (nSPS) is 9.83.